The molecule has 1 rings (SSSR count). The number of amides is 2. The molecule has 0 spiro atoms. The first-order valence-corrected chi connectivity index (χ1v) is 7.14. The van der Waals surface area contributed by atoms with Crippen LogP contribution in [0.15, 0.2) is 10.2 Å². The zero-order valence-electron chi connectivity index (χ0n) is 9.59. The molecule has 0 bridgehead atoms. The number of thiocarbonyl (C=S) groups is 1. The number of nitrogens with one attached hydrogen (secondary N) is 2. The Morgan fingerprint density at radius 3 is 2.41 bits per heavy atom. The minimum absolute atomic E-state index is 0.108. The first-order valence-electron chi connectivity index (χ1n) is 5.49. The summed E-state index contributed by atoms with van der Waals surface area (Å²) < 4.78 is 1.94. The largest absolute Gasteiger partial charge is 0.302 e. The zero-order valence-corrected chi connectivity index (χ0v) is 12.6. The van der Waals surface area contributed by atoms with Crippen LogP contribution in [-0.4, -0.2) is 16.9 Å². The number of carbonyl (C=O) groups is 2. The minimum atomic E-state index is -0.957. The highest BCUT2D eigenvalue weighted by molar-refractivity contribution is 14.1. The van der Waals surface area contributed by atoms with E-state index in [1.807, 2.05) is 17.1 Å². The predicted molar refractivity (Wildman–Crippen MR) is 78.6 cm³/mol. The normalized spacial score (nSPS) is 19.3. The van der Waals surface area contributed by atoms with E-state index in [9.17, 15) is 9.59 Å². The lowest BCUT2D eigenvalue weighted by molar-refractivity contribution is -0.144. The minimum Gasteiger partial charge on any atom is -0.302 e. The van der Waals surface area contributed by atoms with Crippen LogP contribution in [0.1, 0.15) is 32.6 Å². The molecular weight excluding hydrogens is 351 g/mol. The summed E-state index contributed by atoms with van der Waals surface area (Å²) in [6.45, 7) is 1.85. The lowest BCUT2D eigenvalue weighted by Gasteiger charge is -2.34. The highest BCUT2D eigenvalue weighted by atomic mass is 127. The molecule has 0 radical (unpaired) electrons. The van der Waals surface area contributed by atoms with Crippen LogP contribution in [0.2, 0.25) is 0 Å². The molecule has 0 unspecified atom stereocenters. The molecule has 1 fully saturated rings. The van der Waals surface area contributed by atoms with Gasteiger partial charge in [0.25, 0.3) is 0 Å². The van der Waals surface area contributed by atoms with Crippen LogP contribution in [0.5, 0.6) is 0 Å². The van der Waals surface area contributed by atoms with Crippen molar-refractivity contribution in [3.63, 3.8) is 0 Å². The predicted octanol–water partition coefficient (Wildman–Crippen LogP) is 2.03. The van der Waals surface area contributed by atoms with E-state index in [4.69, 9.17) is 12.2 Å². The fourth-order valence-corrected chi connectivity index (χ4v) is 2.43. The van der Waals surface area contributed by atoms with E-state index in [-0.39, 0.29) is 16.9 Å². The Labute approximate surface area is 120 Å². The van der Waals surface area contributed by atoms with Gasteiger partial charge in [-0.2, -0.15) is 0 Å². The number of hydrogen-bond acceptors (Lipinski definition) is 3. The van der Waals surface area contributed by atoms with Crippen molar-refractivity contribution >= 4 is 51.7 Å². The zero-order chi connectivity index (χ0) is 12.9. The van der Waals surface area contributed by atoms with E-state index in [2.05, 4.69) is 33.2 Å². The summed E-state index contributed by atoms with van der Waals surface area (Å²) in [5.74, 6) is -0.542. The molecule has 1 aliphatic rings. The first-order chi connectivity index (χ1) is 8.06. The average molecular weight is 366 g/mol. The number of unbranched alkanes of at least 4 members (excludes halogenated alkanes) is 1. The summed E-state index contributed by atoms with van der Waals surface area (Å²) in [5, 5.41) is 5.17. The lowest BCUT2D eigenvalue weighted by Crippen LogP contribution is -2.62. The fraction of sp³-hybridized carbons (Fsp3) is 0.545. The van der Waals surface area contributed by atoms with Crippen LogP contribution in [0.25, 0.3) is 0 Å². The number of hydrogen-bond donors (Lipinski definition) is 2. The van der Waals surface area contributed by atoms with E-state index in [0.29, 0.717) is 12.8 Å². The quantitative estimate of drug-likeness (QED) is 0.339. The van der Waals surface area contributed by atoms with Crippen LogP contribution in [0, 0.1) is 5.41 Å². The maximum Gasteiger partial charge on any atom is 0.241 e. The molecule has 17 heavy (non-hydrogen) atoms. The van der Waals surface area contributed by atoms with Gasteiger partial charge in [0.05, 0.1) is 0 Å². The van der Waals surface area contributed by atoms with Gasteiger partial charge in [-0.05, 0) is 42.0 Å². The third-order valence-corrected chi connectivity index (χ3v) is 3.70. The van der Waals surface area contributed by atoms with Gasteiger partial charge in [0, 0.05) is 0 Å². The van der Waals surface area contributed by atoms with Crippen molar-refractivity contribution in [1.82, 2.24) is 10.6 Å². The summed E-state index contributed by atoms with van der Waals surface area (Å²) >= 11 is 6.94. The molecule has 1 saturated heterocycles. The number of carbonyl (C=O) groups excluding carboxylic acids is 2. The van der Waals surface area contributed by atoms with Gasteiger partial charge in [0.2, 0.25) is 11.8 Å². The van der Waals surface area contributed by atoms with Crippen LogP contribution in [0.3, 0.4) is 0 Å². The van der Waals surface area contributed by atoms with Crippen LogP contribution in [-0.2, 0) is 9.59 Å². The Morgan fingerprint density at radius 1 is 1.35 bits per heavy atom. The Morgan fingerprint density at radius 2 is 1.94 bits per heavy atom. The Hall–Kier alpha value is -0.500. The molecule has 0 saturated carbocycles. The van der Waals surface area contributed by atoms with Gasteiger partial charge >= 0.3 is 0 Å². The number of halogens is 1. The molecule has 2 amide bonds. The molecule has 6 heteroatoms. The van der Waals surface area contributed by atoms with Gasteiger partial charge in [-0.1, -0.05) is 35.6 Å². The maximum atomic E-state index is 12.0. The summed E-state index contributed by atoms with van der Waals surface area (Å²) in [6, 6.07) is 0. The summed E-state index contributed by atoms with van der Waals surface area (Å²) in [4.78, 5) is 23.9. The Bertz CT molecular complexity index is 348. The third kappa shape index (κ3) is 3.25. The average Bonchev–Trinajstić information content (AvgIpc) is 2.27. The van der Waals surface area contributed by atoms with Gasteiger partial charge in [-0.15, -0.1) is 0 Å². The highest BCUT2D eigenvalue weighted by Gasteiger charge is 2.47. The molecule has 0 atom stereocenters. The van der Waals surface area contributed by atoms with Crippen LogP contribution < -0.4 is 10.6 Å². The second-order valence-electron chi connectivity index (χ2n) is 3.93. The van der Waals surface area contributed by atoms with Crippen molar-refractivity contribution in [3.05, 3.63) is 10.2 Å². The fourth-order valence-electron chi connectivity index (χ4n) is 1.89. The first kappa shape index (κ1) is 14.6. The second kappa shape index (κ2) is 6.44. The monoisotopic (exact) mass is 366 g/mol. The van der Waals surface area contributed by atoms with Crippen molar-refractivity contribution < 1.29 is 9.59 Å². The van der Waals surface area contributed by atoms with Gasteiger partial charge in [0.1, 0.15) is 5.41 Å². The van der Waals surface area contributed by atoms with Gasteiger partial charge in [-0.25, -0.2) is 0 Å². The molecule has 94 valence electrons. The molecule has 0 aromatic heterocycles. The molecule has 1 heterocycles. The highest BCUT2D eigenvalue weighted by Crippen LogP contribution is 2.31. The number of allylic oxidation sites excluding steroid dienone is 1. The van der Waals surface area contributed by atoms with Crippen molar-refractivity contribution in [3.8, 4) is 0 Å². The van der Waals surface area contributed by atoms with Gasteiger partial charge < -0.3 is 10.6 Å². The van der Waals surface area contributed by atoms with Crippen molar-refractivity contribution in [2.24, 2.45) is 5.41 Å². The molecule has 0 aromatic carbocycles. The van der Waals surface area contributed by atoms with Crippen LogP contribution in [0.4, 0.5) is 0 Å². The summed E-state index contributed by atoms with van der Waals surface area (Å²) in [6.07, 6.45) is 4.73. The molecule has 0 aliphatic carbocycles. The van der Waals surface area contributed by atoms with E-state index < -0.39 is 5.41 Å². The smallest absolute Gasteiger partial charge is 0.241 e. The Balaban J connectivity index is 2.75. The topological polar surface area (TPSA) is 58.2 Å². The Kier molecular flexibility index (Phi) is 5.51. The number of rotatable bonds is 5. The maximum absolute atomic E-state index is 12.0. The van der Waals surface area contributed by atoms with Crippen molar-refractivity contribution in [2.45, 2.75) is 32.6 Å². The molecule has 0 aromatic rings. The van der Waals surface area contributed by atoms with E-state index in [1.54, 1.807) is 0 Å². The molecule has 1 aliphatic heterocycles. The lowest BCUT2D eigenvalue weighted by atomic mass is 9.77. The van der Waals surface area contributed by atoms with E-state index in [0.717, 1.165) is 12.8 Å². The van der Waals surface area contributed by atoms with Crippen LogP contribution >= 0.6 is 34.8 Å². The summed E-state index contributed by atoms with van der Waals surface area (Å²) in [5.41, 5.74) is -0.957. The van der Waals surface area contributed by atoms with Gasteiger partial charge in [-0.3, -0.25) is 9.59 Å². The standard InChI is InChI=1S/C11H15IN2O2S/c1-2-11(6-4-3-5-7-12)8(15)13-10(17)14-9(11)16/h5,7H,2-4,6H2,1H3,(H2,13,14,15,16,17)/b7-5+. The molecule has 4 nitrogen and oxygen atoms in total. The van der Waals surface area contributed by atoms with E-state index in [1.165, 1.54) is 0 Å². The molecule has 2 N–H and O–H groups in total. The third-order valence-electron chi connectivity index (χ3n) is 2.99. The van der Waals surface area contributed by atoms with E-state index >= 15 is 0 Å². The summed E-state index contributed by atoms with van der Waals surface area (Å²) in [7, 11) is 0. The van der Waals surface area contributed by atoms with Crippen molar-refractivity contribution in [2.75, 3.05) is 0 Å². The van der Waals surface area contributed by atoms with Crippen molar-refractivity contribution in [1.29, 1.82) is 0 Å². The SMILES string of the molecule is CCC1(CCC/C=C/I)C(=O)NC(=S)NC1=O. The molecular formula is C11H15IN2O2S. The second-order valence-corrected chi connectivity index (χ2v) is 5.05. The van der Waals surface area contributed by atoms with Gasteiger partial charge in [0.15, 0.2) is 5.11 Å².